The van der Waals surface area contributed by atoms with E-state index in [1.54, 1.807) is 24.4 Å². The molecule has 3 aromatic carbocycles. The van der Waals surface area contributed by atoms with Gasteiger partial charge in [0.2, 0.25) is 0 Å². The molecule has 1 saturated heterocycles. The van der Waals surface area contributed by atoms with E-state index in [-0.39, 0.29) is 30.4 Å². The van der Waals surface area contributed by atoms with Crippen LogP contribution in [0.1, 0.15) is 51.4 Å². The van der Waals surface area contributed by atoms with Crippen molar-refractivity contribution in [3.63, 3.8) is 0 Å². The van der Waals surface area contributed by atoms with Gasteiger partial charge in [0.25, 0.3) is 0 Å². The highest BCUT2D eigenvalue weighted by atomic mass is 32.2. The summed E-state index contributed by atoms with van der Waals surface area (Å²) in [5.74, 6) is -0.551. The maximum atomic E-state index is 12.4. The number of hydrogen-bond donors (Lipinski definition) is 4. The minimum absolute atomic E-state index is 0.0442. The number of aliphatic hydroxyl groups is 1. The largest absolute Gasteiger partial charge is 0.478 e. The van der Waals surface area contributed by atoms with Crippen LogP contribution in [0.2, 0.25) is 0 Å². The topological polar surface area (TPSA) is 130 Å². The molecule has 10 heteroatoms. The highest BCUT2D eigenvalue weighted by molar-refractivity contribution is 7.99. The first-order chi connectivity index (χ1) is 20.5. The summed E-state index contributed by atoms with van der Waals surface area (Å²) in [4.78, 5) is 28.3. The molecule has 4 N–H and O–H groups in total. The van der Waals surface area contributed by atoms with Crippen molar-refractivity contribution in [2.75, 3.05) is 11.1 Å². The summed E-state index contributed by atoms with van der Waals surface area (Å²) < 4.78 is 12.7. The number of urea groups is 1. The second-order valence-corrected chi connectivity index (χ2v) is 10.7. The number of carbonyl (C=O) groups is 2. The van der Waals surface area contributed by atoms with Gasteiger partial charge in [-0.1, -0.05) is 66.7 Å². The molecule has 0 spiro atoms. The number of thioether (sulfide) groups is 1. The molecule has 9 nitrogen and oxygen atoms in total. The highest BCUT2D eigenvalue weighted by Gasteiger charge is 2.32. The fourth-order valence-electron chi connectivity index (χ4n) is 4.54. The van der Waals surface area contributed by atoms with E-state index in [1.807, 2.05) is 66.7 Å². The van der Waals surface area contributed by atoms with Crippen LogP contribution >= 0.6 is 11.8 Å². The third kappa shape index (κ3) is 7.74. The molecule has 4 aromatic rings. The number of nitrogens with zero attached hydrogens (tertiary/aromatic N) is 1. The van der Waals surface area contributed by atoms with Gasteiger partial charge in [-0.05, 0) is 41.0 Å². The number of nitrogens with one attached hydrogen (secondary N) is 2. The van der Waals surface area contributed by atoms with E-state index in [9.17, 15) is 19.8 Å². The number of aromatic nitrogens is 1. The molecule has 0 radical (unpaired) electrons. The van der Waals surface area contributed by atoms with E-state index >= 15 is 0 Å². The number of carboxylic acids is 1. The quantitative estimate of drug-likeness (QED) is 0.169. The zero-order valence-corrected chi connectivity index (χ0v) is 23.5. The summed E-state index contributed by atoms with van der Waals surface area (Å²) in [5.41, 5.74) is 4.32. The Morgan fingerprint density at radius 2 is 1.62 bits per heavy atom. The SMILES string of the molecule is O=C(NCc1ccccc1)Nc1ccc(C2OC(CSc3ncccc3C(=O)O)CC(c3ccc(CO)cc3)O2)cc1. The Morgan fingerprint density at radius 3 is 2.33 bits per heavy atom. The number of aromatic carboxylic acids is 1. The summed E-state index contributed by atoms with van der Waals surface area (Å²) in [6.07, 6.45) is 0.896. The van der Waals surface area contributed by atoms with E-state index in [0.29, 0.717) is 29.4 Å². The van der Waals surface area contributed by atoms with Crippen LogP contribution < -0.4 is 10.6 Å². The Morgan fingerprint density at radius 1 is 0.881 bits per heavy atom. The Balaban J connectivity index is 1.27. The first-order valence-electron chi connectivity index (χ1n) is 13.5. The fraction of sp³-hybridized carbons (Fsp3) is 0.219. The van der Waals surface area contributed by atoms with Crippen LogP contribution in [0.15, 0.2) is 102 Å². The maximum Gasteiger partial charge on any atom is 0.338 e. The standard InChI is InChI=1S/C32H31N3O6S/c36-19-22-8-10-23(11-9-22)28-17-26(20-42-29-27(30(37)38)7-4-16-33-29)40-31(41-28)24-12-14-25(15-13-24)35-32(39)34-18-21-5-2-1-3-6-21/h1-16,26,28,31,36H,17-20H2,(H,37,38)(H2,34,35,39). The Kier molecular flexibility index (Phi) is 9.83. The zero-order chi connectivity index (χ0) is 29.3. The number of carbonyl (C=O) groups excluding carboxylic acids is 1. The van der Waals surface area contributed by atoms with Crippen molar-refractivity contribution in [2.24, 2.45) is 0 Å². The number of aliphatic hydroxyl groups excluding tert-OH is 1. The smallest absolute Gasteiger partial charge is 0.338 e. The normalized spacial score (nSPS) is 18.3. The Labute approximate surface area is 247 Å². The lowest BCUT2D eigenvalue weighted by Gasteiger charge is -2.36. The number of amides is 2. The molecule has 2 heterocycles. The Bertz CT molecular complexity index is 1480. The summed E-state index contributed by atoms with van der Waals surface area (Å²) >= 11 is 1.33. The van der Waals surface area contributed by atoms with Gasteiger partial charge in [-0.3, -0.25) is 0 Å². The van der Waals surface area contributed by atoms with Crippen molar-refractivity contribution in [2.45, 2.75) is 43.1 Å². The summed E-state index contributed by atoms with van der Waals surface area (Å²) in [7, 11) is 0. The van der Waals surface area contributed by atoms with Crippen molar-refractivity contribution < 1.29 is 29.3 Å². The summed E-state index contributed by atoms with van der Waals surface area (Å²) in [6.45, 7) is 0.374. The molecule has 1 aromatic heterocycles. The van der Waals surface area contributed by atoms with Gasteiger partial charge < -0.3 is 30.3 Å². The molecule has 0 bridgehead atoms. The predicted octanol–water partition coefficient (Wildman–Crippen LogP) is 5.93. The molecule has 5 rings (SSSR count). The van der Waals surface area contributed by atoms with Crippen LogP contribution in [0.25, 0.3) is 0 Å². The zero-order valence-electron chi connectivity index (χ0n) is 22.7. The van der Waals surface area contributed by atoms with Crippen LogP contribution in [0, 0.1) is 0 Å². The lowest BCUT2D eigenvalue weighted by molar-refractivity contribution is -0.245. The molecule has 3 unspecified atom stereocenters. The second-order valence-electron chi connectivity index (χ2n) is 9.74. The van der Waals surface area contributed by atoms with E-state index in [0.717, 1.165) is 22.3 Å². The van der Waals surface area contributed by atoms with E-state index in [2.05, 4.69) is 15.6 Å². The van der Waals surface area contributed by atoms with Gasteiger partial charge in [-0.25, -0.2) is 14.6 Å². The monoisotopic (exact) mass is 585 g/mol. The number of benzene rings is 3. The highest BCUT2D eigenvalue weighted by Crippen LogP contribution is 2.39. The number of pyridine rings is 1. The van der Waals surface area contributed by atoms with E-state index in [4.69, 9.17) is 9.47 Å². The second kappa shape index (κ2) is 14.1. The molecule has 1 fully saturated rings. The summed E-state index contributed by atoms with van der Waals surface area (Å²) in [5, 5.41) is 25.1. The van der Waals surface area contributed by atoms with Crippen molar-refractivity contribution in [1.29, 1.82) is 0 Å². The van der Waals surface area contributed by atoms with E-state index < -0.39 is 12.3 Å². The van der Waals surface area contributed by atoms with Gasteiger partial charge in [-0.15, -0.1) is 11.8 Å². The van der Waals surface area contributed by atoms with Crippen LogP contribution in [0.3, 0.4) is 0 Å². The molecule has 2 amide bonds. The molecule has 1 aliphatic heterocycles. The maximum absolute atomic E-state index is 12.4. The Hall–Kier alpha value is -4.22. The molecular weight excluding hydrogens is 554 g/mol. The van der Waals surface area contributed by atoms with Gasteiger partial charge in [0.15, 0.2) is 6.29 Å². The summed E-state index contributed by atoms with van der Waals surface area (Å²) in [6, 6.07) is 27.4. The third-order valence-corrected chi connectivity index (χ3v) is 7.90. The van der Waals surface area contributed by atoms with Gasteiger partial charge in [-0.2, -0.15) is 0 Å². The fourth-order valence-corrected chi connectivity index (χ4v) is 5.54. The van der Waals surface area contributed by atoms with Crippen LogP contribution in [-0.2, 0) is 22.6 Å². The van der Waals surface area contributed by atoms with Gasteiger partial charge in [0, 0.05) is 36.2 Å². The van der Waals surface area contributed by atoms with Crippen molar-refractivity contribution in [3.8, 4) is 0 Å². The van der Waals surface area contributed by atoms with Gasteiger partial charge in [0.1, 0.15) is 5.03 Å². The van der Waals surface area contributed by atoms with Crippen LogP contribution in [0.5, 0.6) is 0 Å². The van der Waals surface area contributed by atoms with Crippen LogP contribution in [-0.4, -0.2) is 39.1 Å². The molecule has 1 aliphatic rings. The molecule has 216 valence electrons. The lowest BCUT2D eigenvalue weighted by Crippen LogP contribution is -2.31. The van der Waals surface area contributed by atoms with Crippen molar-refractivity contribution in [3.05, 3.63) is 125 Å². The van der Waals surface area contributed by atoms with E-state index in [1.165, 1.54) is 17.8 Å². The minimum Gasteiger partial charge on any atom is -0.478 e. The third-order valence-electron chi connectivity index (χ3n) is 6.76. The number of hydrogen-bond acceptors (Lipinski definition) is 7. The number of anilines is 1. The molecule has 42 heavy (non-hydrogen) atoms. The number of rotatable bonds is 10. The average Bonchev–Trinajstić information content (AvgIpc) is 3.03. The van der Waals surface area contributed by atoms with Crippen LogP contribution in [0.4, 0.5) is 10.5 Å². The molecule has 3 atom stereocenters. The molecule has 0 aliphatic carbocycles. The average molecular weight is 586 g/mol. The van der Waals surface area contributed by atoms with Crippen molar-refractivity contribution >= 4 is 29.4 Å². The number of ether oxygens (including phenoxy) is 2. The first kappa shape index (κ1) is 29.3. The van der Waals surface area contributed by atoms with Crippen molar-refractivity contribution in [1.82, 2.24) is 10.3 Å². The van der Waals surface area contributed by atoms with Gasteiger partial charge >= 0.3 is 12.0 Å². The predicted molar refractivity (Wildman–Crippen MR) is 159 cm³/mol. The lowest BCUT2D eigenvalue weighted by atomic mass is 10.0. The number of carboxylic acid groups (broad SMARTS) is 1. The minimum atomic E-state index is -1.03. The molecule has 0 saturated carbocycles. The first-order valence-corrected chi connectivity index (χ1v) is 14.5. The molecular formula is C32H31N3O6S. The van der Waals surface area contributed by atoms with Gasteiger partial charge in [0.05, 0.1) is 24.4 Å².